The molecular weight excluding hydrogens is 463 g/mol. The first-order valence-electron chi connectivity index (χ1n) is 9.69. The van der Waals surface area contributed by atoms with Crippen molar-refractivity contribution in [3.05, 3.63) is 52.1 Å². The van der Waals surface area contributed by atoms with Gasteiger partial charge in [-0.2, -0.15) is 13.2 Å². The second-order valence-corrected chi connectivity index (χ2v) is 8.26. The van der Waals surface area contributed by atoms with Crippen molar-refractivity contribution in [3.63, 3.8) is 0 Å². The molecule has 1 amide bonds. The first-order valence-corrected chi connectivity index (χ1v) is 10.5. The molecule has 0 atom stereocenters. The first kappa shape index (κ1) is 22.4. The van der Waals surface area contributed by atoms with Crippen molar-refractivity contribution in [2.45, 2.75) is 32.5 Å². The van der Waals surface area contributed by atoms with E-state index >= 15 is 0 Å². The molecule has 1 aliphatic rings. The standard InChI is InChI=1S/C21H23BrF3N3O2/c1-14(2)30-18-12-16(22)5-6-17(18)20(29)28-9-3-8-27(10-11-28)19-7-4-15(13-26-19)21(23,24)25/h4-7,12-14H,3,8-11H2,1-2H3. The highest BCUT2D eigenvalue weighted by molar-refractivity contribution is 9.10. The number of rotatable bonds is 4. The summed E-state index contributed by atoms with van der Waals surface area (Å²) in [5, 5.41) is 0. The van der Waals surface area contributed by atoms with Crippen molar-refractivity contribution in [1.82, 2.24) is 9.88 Å². The number of alkyl halides is 3. The zero-order valence-electron chi connectivity index (χ0n) is 16.7. The second kappa shape index (κ2) is 9.24. The number of aromatic nitrogens is 1. The minimum absolute atomic E-state index is 0.0729. The molecule has 9 heteroatoms. The molecule has 5 nitrogen and oxygen atoms in total. The van der Waals surface area contributed by atoms with Gasteiger partial charge in [0, 0.05) is 36.8 Å². The summed E-state index contributed by atoms with van der Waals surface area (Å²) in [6.45, 7) is 5.89. The number of halogens is 4. The van der Waals surface area contributed by atoms with Crippen LogP contribution < -0.4 is 9.64 Å². The highest BCUT2D eigenvalue weighted by atomic mass is 79.9. The minimum atomic E-state index is -4.41. The number of amides is 1. The Morgan fingerprint density at radius 2 is 1.90 bits per heavy atom. The lowest BCUT2D eigenvalue weighted by molar-refractivity contribution is -0.137. The number of pyridine rings is 1. The Hall–Kier alpha value is -2.29. The van der Waals surface area contributed by atoms with Crippen LogP contribution in [0.3, 0.4) is 0 Å². The molecule has 162 valence electrons. The quantitative estimate of drug-likeness (QED) is 0.610. The third kappa shape index (κ3) is 5.44. The van der Waals surface area contributed by atoms with E-state index in [2.05, 4.69) is 20.9 Å². The van der Waals surface area contributed by atoms with Gasteiger partial charge in [-0.25, -0.2) is 4.98 Å². The normalized spacial score (nSPS) is 15.3. The van der Waals surface area contributed by atoms with Crippen LogP contribution in [0.1, 0.15) is 36.2 Å². The fraction of sp³-hybridized carbons (Fsp3) is 0.429. The highest BCUT2D eigenvalue weighted by Gasteiger charge is 2.31. The van der Waals surface area contributed by atoms with Crippen LogP contribution in [0.2, 0.25) is 0 Å². The van der Waals surface area contributed by atoms with Crippen LogP contribution in [0, 0.1) is 0 Å². The summed E-state index contributed by atoms with van der Waals surface area (Å²) >= 11 is 3.41. The molecule has 1 aliphatic heterocycles. The lowest BCUT2D eigenvalue weighted by Crippen LogP contribution is -2.35. The van der Waals surface area contributed by atoms with E-state index in [9.17, 15) is 18.0 Å². The molecule has 1 saturated heterocycles. The molecule has 0 N–H and O–H groups in total. The summed E-state index contributed by atoms with van der Waals surface area (Å²) in [4.78, 5) is 20.8. The van der Waals surface area contributed by atoms with Crippen LogP contribution >= 0.6 is 15.9 Å². The highest BCUT2D eigenvalue weighted by Crippen LogP contribution is 2.30. The van der Waals surface area contributed by atoms with Crippen LogP contribution in [0.15, 0.2) is 41.0 Å². The molecule has 0 spiro atoms. The Balaban J connectivity index is 1.72. The van der Waals surface area contributed by atoms with E-state index in [0.717, 1.165) is 16.7 Å². The lowest BCUT2D eigenvalue weighted by atomic mass is 10.1. The van der Waals surface area contributed by atoms with Crippen LogP contribution in [-0.2, 0) is 6.18 Å². The van der Waals surface area contributed by atoms with Gasteiger partial charge in [0.05, 0.1) is 17.2 Å². The smallest absolute Gasteiger partial charge is 0.417 e. The number of anilines is 1. The van der Waals surface area contributed by atoms with E-state index in [4.69, 9.17) is 4.74 Å². The zero-order chi connectivity index (χ0) is 21.9. The van der Waals surface area contributed by atoms with Gasteiger partial charge in [0.15, 0.2) is 0 Å². The van der Waals surface area contributed by atoms with Gasteiger partial charge >= 0.3 is 6.18 Å². The summed E-state index contributed by atoms with van der Waals surface area (Å²) < 4.78 is 44.9. The number of carbonyl (C=O) groups excluding carboxylic acids is 1. The van der Waals surface area contributed by atoms with Gasteiger partial charge in [-0.05, 0) is 50.6 Å². The largest absolute Gasteiger partial charge is 0.490 e. The van der Waals surface area contributed by atoms with Crippen molar-refractivity contribution in [2.24, 2.45) is 0 Å². The Labute approximate surface area is 182 Å². The zero-order valence-corrected chi connectivity index (χ0v) is 18.3. The molecule has 30 heavy (non-hydrogen) atoms. The van der Waals surface area contributed by atoms with E-state index in [1.165, 1.54) is 6.07 Å². The summed E-state index contributed by atoms with van der Waals surface area (Å²) in [7, 11) is 0. The average Bonchev–Trinajstić information content (AvgIpc) is 2.93. The van der Waals surface area contributed by atoms with Crippen molar-refractivity contribution >= 4 is 27.7 Å². The molecular formula is C21H23BrF3N3O2. The van der Waals surface area contributed by atoms with Crippen LogP contribution in [0.25, 0.3) is 0 Å². The topological polar surface area (TPSA) is 45.7 Å². The Kier molecular flexibility index (Phi) is 6.90. The van der Waals surface area contributed by atoms with Crippen molar-refractivity contribution < 1.29 is 22.7 Å². The predicted octanol–water partition coefficient (Wildman–Crippen LogP) is 5.00. The van der Waals surface area contributed by atoms with Crippen molar-refractivity contribution in [3.8, 4) is 5.75 Å². The third-order valence-electron chi connectivity index (χ3n) is 4.72. The van der Waals surface area contributed by atoms with E-state index in [1.807, 2.05) is 18.7 Å². The first-order chi connectivity index (χ1) is 14.1. The average molecular weight is 486 g/mol. The summed E-state index contributed by atoms with van der Waals surface area (Å²) in [5.74, 6) is 0.875. The number of ether oxygens (including phenoxy) is 1. The lowest BCUT2D eigenvalue weighted by Gasteiger charge is -2.24. The fourth-order valence-corrected chi connectivity index (χ4v) is 3.63. The van der Waals surface area contributed by atoms with E-state index in [0.29, 0.717) is 49.7 Å². The maximum atomic E-state index is 13.1. The van der Waals surface area contributed by atoms with E-state index in [1.54, 1.807) is 23.1 Å². The number of benzene rings is 1. The molecule has 0 radical (unpaired) electrons. The van der Waals surface area contributed by atoms with Crippen molar-refractivity contribution in [2.75, 3.05) is 31.1 Å². The molecule has 1 aromatic heterocycles. The number of nitrogens with zero attached hydrogens (tertiary/aromatic N) is 3. The molecule has 3 rings (SSSR count). The third-order valence-corrected chi connectivity index (χ3v) is 5.21. The Morgan fingerprint density at radius 1 is 1.13 bits per heavy atom. The summed E-state index contributed by atoms with van der Waals surface area (Å²) in [5.41, 5.74) is -0.279. The molecule has 0 unspecified atom stereocenters. The minimum Gasteiger partial charge on any atom is -0.490 e. The number of hydrogen-bond acceptors (Lipinski definition) is 4. The molecule has 0 saturated carbocycles. The molecule has 2 aromatic rings. The molecule has 0 aliphatic carbocycles. The molecule has 0 bridgehead atoms. The van der Waals surface area contributed by atoms with Crippen molar-refractivity contribution in [1.29, 1.82) is 0 Å². The number of hydrogen-bond donors (Lipinski definition) is 0. The predicted molar refractivity (Wildman–Crippen MR) is 112 cm³/mol. The second-order valence-electron chi connectivity index (χ2n) is 7.34. The van der Waals surface area contributed by atoms with Crippen LogP contribution in [-0.4, -0.2) is 48.1 Å². The van der Waals surface area contributed by atoms with Gasteiger partial charge in [0.2, 0.25) is 0 Å². The van der Waals surface area contributed by atoms with Gasteiger partial charge < -0.3 is 14.5 Å². The van der Waals surface area contributed by atoms with Gasteiger partial charge in [-0.3, -0.25) is 4.79 Å². The van der Waals surface area contributed by atoms with E-state index < -0.39 is 11.7 Å². The van der Waals surface area contributed by atoms with Crippen LogP contribution in [0.4, 0.5) is 19.0 Å². The number of carbonyl (C=O) groups is 1. The Morgan fingerprint density at radius 3 is 2.53 bits per heavy atom. The SMILES string of the molecule is CC(C)Oc1cc(Br)ccc1C(=O)N1CCCN(c2ccc(C(F)(F)F)cn2)CC1. The van der Waals surface area contributed by atoms with Gasteiger partial charge in [0.25, 0.3) is 5.91 Å². The summed E-state index contributed by atoms with van der Waals surface area (Å²) in [6, 6.07) is 7.74. The molecule has 1 fully saturated rings. The Bertz CT molecular complexity index is 888. The fourth-order valence-electron chi connectivity index (χ4n) is 3.29. The molecule has 1 aromatic carbocycles. The monoisotopic (exact) mass is 485 g/mol. The van der Waals surface area contributed by atoms with Gasteiger partial charge in [-0.15, -0.1) is 0 Å². The van der Waals surface area contributed by atoms with E-state index in [-0.39, 0.29) is 12.0 Å². The molecule has 2 heterocycles. The van der Waals surface area contributed by atoms with Gasteiger partial charge in [-0.1, -0.05) is 15.9 Å². The van der Waals surface area contributed by atoms with Crippen LogP contribution in [0.5, 0.6) is 5.75 Å². The maximum Gasteiger partial charge on any atom is 0.417 e. The maximum absolute atomic E-state index is 13.1. The summed E-state index contributed by atoms with van der Waals surface area (Å²) in [6.07, 6.45) is -2.95. The van der Waals surface area contributed by atoms with Gasteiger partial charge in [0.1, 0.15) is 11.6 Å².